The summed E-state index contributed by atoms with van der Waals surface area (Å²) in [6.07, 6.45) is -0.459. The van der Waals surface area contributed by atoms with Gasteiger partial charge in [0.05, 0.1) is 12.1 Å². The number of fused-ring (bicyclic) bond motifs is 1. The molecule has 19 heavy (non-hydrogen) atoms. The lowest BCUT2D eigenvalue weighted by atomic mass is 10.2. The minimum atomic E-state index is -0.847. The summed E-state index contributed by atoms with van der Waals surface area (Å²) in [5, 5.41) is 11.6. The van der Waals surface area contributed by atoms with Crippen molar-refractivity contribution in [2.24, 2.45) is 0 Å². The van der Waals surface area contributed by atoms with Gasteiger partial charge in [0.2, 0.25) is 0 Å². The third-order valence-corrected chi connectivity index (χ3v) is 2.97. The van der Waals surface area contributed by atoms with Crippen LogP contribution in [0, 0.1) is 0 Å². The summed E-state index contributed by atoms with van der Waals surface area (Å²) >= 11 is 0. The molecule has 1 unspecified atom stereocenters. The Morgan fingerprint density at radius 1 is 1.53 bits per heavy atom. The molecule has 1 aliphatic rings. The number of carbonyl (C=O) groups is 2. The molecule has 0 bridgehead atoms. The predicted molar refractivity (Wildman–Crippen MR) is 70.7 cm³/mol. The van der Waals surface area contributed by atoms with E-state index in [4.69, 9.17) is 9.84 Å². The standard InChI is InChI=1S/C13H16N2O4/c1-8-13(18)15(2)10-4-3-9(7-11(10)19-8)14-6-5-12(16)17/h3-4,7-8,14H,5-6H2,1-2H3,(H,16,17). The number of hydrogen-bond donors (Lipinski definition) is 2. The van der Waals surface area contributed by atoms with Crippen LogP contribution in [0.4, 0.5) is 11.4 Å². The molecule has 6 heteroatoms. The van der Waals surface area contributed by atoms with Crippen LogP contribution in [0.25, 0.3) is 0 Å². The first-order valence-corrected chi connectivity index (χ1v) is 6.03. The number of hydrogen-bond acceptors (Lipinski definition) is 4. The Hall–Kier alpha value is -2.24. The summed E-state index contributed by atoms with van der Waals surface area (Å²) in [4.78, 5) is 23.7. The molecule has 1 atom stereocenters. The number of likely N-dealkylation sites (N-methyl/N-ethyl adjacent to an activating group) is 1. The number of carboxylic acid groups (broad SMARTS) is 1. The van der Waals surface area contributed by atoms with E-state index < -0.39 is 12.1 Å². The average Bonchev–Trinajstić information content (AvgIpc) is 2.35. The van der Waals surface area contributed by atoms with E-state index in [-0.39, 0.29) is 12.3 Å². The van der Waals surface area contributed by atoms with Gasteiger partial charge >= 0.3 is 5.97 Å². The van der Waals surface area contributed by atoms with Crippen molar-refractivity contribution in [3.05, 3.63) is 18.2 Å². The van der Waals surface area contributed by atoms with E-state index in [1.165, 1.54) is 0 Å². The van der Waals surface area contributed by atoms with Gasteiger partial charge in [-0.3, -0.25) is 9.59 Å². The van der Waals surface area contributed by atoms with Crippen molar-refractivity contribution >= 4 is 23.3 Å². The lowest BCUT2D eigenvalue weighted by Gasteiger charge is -2.30. The van der Waals surface area contributed by atoms with Crippen molar-refractivity contribution in [3.8, 4) is 5.75 Å². The number of ether oxygens (including phenoxy) is 1. The first kappa shape index (κ1) is 13.2. The second-order valence-corrected chi connectivity index (χ2v) is 4.41. The summed E-state index contributed by atoms with van der Waals surface area (Å²) < 4.78 is 5.54. The summed E-state index contributed by atoms with van der Waals surface area (Å²) in [6, 6.07) is 5.35. The summed E-state index contributed by atoms with van der Waals surface area (Å²) in [5.41, 5.74) is 1.49. The molecule has 102 valence electrons. The van der Waals surface area contributed by atoms with Crippen LogP contribution in [0.1, 0.15) is 13.3 Å². The maximum atomic E-state index is 11.7. The van der Waals surface area contributed by atoms with Crippen LogP contribution in [0.15, 0.2) is 18.2 Å². The number of anilines is 2. The smallest absolute Gasteiger partial charge is 0.305 e. The Morgan fingerprint density at radius 3 is 2.95 bits per heavy atom. The minimum absolute atomic E-state index is 0.0483. The number of carbonyl (C=O) groups excluding carboxylic acids is 1. The molecule has 0 saturated carbocycles. The third kappa shape index (κ3) is 2.78. The van der Waals surface area contributed by atoms with Gasteiger partial charge in [-0.1, -0.05) is 0 Å². The van der Waals surface area contributed by atoms with Gasteiger partial charge in [0, 0.05) is 25.3 Å². The number of nitrogens with zero attached hydrogens (tertiary/aromatic N) is 1. The maximum absolute atomic E-state index is 11.7. The van der Waals surface area contributed by atoms with Crippen molar-refractivity contribution in [1.29, 1.82) is 0 Å². The molecule has 0 aliphatic carbocycles. The fourth-order valence-corrected chi connectivity index (χ4v) is 1.94. The zero-order chi connectivity index (χ0) is 14.0. The van der Waals surface area contributed by atoms with E-state index in [1.54, 1.807) is 37.1 Å². The molecule has 0 fully saturated rings. The molecule has 1 aromatic rings. The van der Waals surface area contributed by atoms with Crippen LogP contribution in [-0.4, -0.2) is 36.7 Å². The molecular weight excluding hydrogens is 248 g/mol. The van der Waals surface area contributed by atoms with Gasteiger partial charge in [-0.05, 0) is 19.1 Å². The van der Waals surface area contributed by atoms with Crippen LogP contribution < -0.4 is 15.0 Å². The molecule has 2 N–H and O–H groups in total. The summed E-state index contributed by atoms with van der Waals surface area (Å²) in [7, 11) is 1.71. The monoisotopic (exact) mass is 264 g/mol. The van der Waals surface area contributed by atoms with Gasteiger partial charge in [0.25, 0.3) is 5.91 Å². The molecule has 2 rings (SSSR count). The zero-order valence-corrected chi connectivity index (χ0v) is 10.8. The van der Waals surface area contributed by atoms with Crippen LogP contribution >= 0.6 is 0 Å². The highest BCUT2D eigenvalue weighted by Crippen LogP contribution is 2.35. The van der Waals surface area contributed by atoms with Gasteiger partial charge in [-0.2, -0.15) is 0 Å². The molecule has 1 aromatic carbocycles. The Balaban J connectivity index is 2.13. The number of amides is 1. The fraction of sp³-hybridized carbons (Fsp3) is 0.385. The van der Waals surface area contributed by atoms with Crippen LogP contribution in [0.5, 0.6) is 5.75 Å². The first-order chi connectivity index (χ1) is 8.99. The van der Waals surface area contributed by atoms with E-state index in [0.29, 0.717) is 18.0 Å². The highest BCUT2D eigenvalue weighted by molar-refractivity contribution is 5.99. The maximum Gasteiger partial charge on any atom is 0.305 e. The Morgan fingerprint density at radius 2 is 2.26 bits per heavy atom. The summed E-state index contributed by atoms with van der Waals surface area (Å²) in [6.45, 7) is 2.05. The van der Waals surface area contributed by atoms with Gasteiger partial charge in [-0.15, -0.1) is 0 Å². The van der Waals surface area contributed by atoms with E-state index in [1.807, 2.05) is 0 Å². The molecule has 1 amide bonds. The number of nitrogens with one attached hydrogen (secondary N) is 1. The molecule has 0 saturated heterocycles. The number of aliphatic carboxylic acids is 1. The zero-order valence-electron chi connectivity index (χ0n) is 10.8. The molecule has 0 aromatic heterocycles. The molecule has 6 nitrogen and oxygen atoms in total. The average molecular weight is 264 g/mol. The lowest BCUT2D eigenvalue weighted by molar-refractivity contribution is -0.136. The quantitative estimate of drug-likeness (QED) is 0.857. The van der Waals surface area contributed by atoms with E-state index in [0.717, 1.165) is 5.69 Å². The Bertz CT molecular complexity index is 515. The van der Waals surface area contributed by atoms with Gasteiger partial charge in [0.1, 0.15) is 5.75 Å². The number of carboxylic acids is 1. The van der Waals surface area contributed by atoms with Crippen molar-refractivity contribution in [2.75, 3.05) is 23.8 Å². The molecular formula is C13H16N2O4. The topological polar surface area (TPSA) is 78.9 Å². The van der Waals surface area contributed by atoms with Gasteiger partial charge < -0.3 is 20.1 Å². The Labute approximate surface area is 111 Å². The fourth-order valence-electron chi connectivity index (χ4n) is 1.94. The normalized spacial score (nSPS) is 17.7. The third-order valence-electron chi connectivity index (χ3n) is 2.97. The number of benzene rings is 1. The van der Waals surface area contributed by atoms with Crippen molar-refractivity contribution in [1.82, 2.24) is 0 Å². The highest BCUT2D eigenvalue weighted by atomic mass is 16.5. The van der Waals surface area contributed by atoms with Gasteiger partial charge in [-0.25, -0.2) is 0 Å². The minimum Gasteiger partial charge on any atom is -0.481 e. The van der Waals surface area contributed by atoms with Crippen LogP contribution in [0.3, 0.4) is 0 Å². The molecule has 0 radical (unpaired) electrons. The van der Waals surface area contributed by atoms with Gasteiger partial charge in [0.15, 0.2) is 6.10 Å². The number of rotatable bonds is 4. The van der Waals surface area contributed by atoms with Crippen molar-refractivity contribution in [2.45, 2.75) is 19.4 Å². The second kappa shape index (κ2) is 5.17. The molecule has 1 aliphatic heterocycles. The first-order valence-electron chi connectivity index (χ1n) is 6.03. The van der Waals surface area contributed by atoms with Crippen LogP contribution in [-0.2, 0) is 9.59 Å². The SMILES string of the molecule is CC1Oc2cc(NCCC(=O)O)ccc2N(C)C1=O. The molecule has 0 spiro atoms. The summed E-state index contributed by atoms with van der Waals surface area (Å²) in [5.74, 6) is -0.310. The molecule has 1 heterocycles. The lowest BCUT2D eigenvalue weighted by Crippen LogP contribution is -2.41. The highest BCUT2D eigenvalue weighted by Gasteiger charge is 2.28. The largest absolute Gasteiger partial charge is 0.481 e. The predicted octanol–water partition coefficient (Wildman–Crippen LogP) is 1.32. The Kier molecular flexibility index (Phi) is 3.59. The van der Waals surface area contributed by atoms with Crippen LogP contribution in [0.2, 0.25) is 0 Å². The van der Waals surface area contributed by atoms with Crippen molar-refractivity contribution < 1.29 is 19.4 Å². The second-order valence-electron chi connectivity index (χ2n) is 4.41. The van der Waals surface area contributed by atoms with E-state index >= 15 is 0 Å². The van der Waals surface area contributed by atoms with E-state index in [9.17, 15) is 9.59 Å². The van der Waals surface area contributed by atoms with Crippen molar-refractivity contribution in [3.63, 3.8) is 0 Å². The van der Waals surface area contributed by atoms with E-state index in [2.05, 4.69) is 5.32 Å².